The molecule has 166 valence electrons. The first-order valence-electron chi connectivity index (χ1n) is 10.4. The van der Waals surface area contributed by atoms with Gasteiger partial charge < -0.3 is 20.9 Å². The molecule has 1 aliphatic rings. The largest absolute Gasteiger partial charge is 0.337 e. The van der Waals surface area contributed by atoms with E-state index in [-0.39, 0.29) is 30.8 Å². The van der Waals surface area contributed by atoms with Gasteiger partial charge in [-0.1, -0.05) is 41.4 Å². The number of nitrogens with zero attached hydrogens (tertiary/aromatic N) is 2. The molecule has 0 radical (unpaired) electrons. The number of anilines is 1. The van der Waals surface area contributed by atoms with E-state index in [1.807, 2.05) is 37.4 Å². The molecule has 31 heavy (non-hydrogen) atoms. The van der Waals surface area contributed by atoms with Crippen molar-refractivity contribution in [2.75, 3.05) is 38.5 Å². The fraction of sp³-hybridized carbons (Fsp3) is 0.391. The van der Waals surface area contributed by atoms with Crippen LogP contribution >= 0.6 is 23.2 Å². The Balaban J connectivity index is 1.81. The highest BCUT2D eigenvalue weighted by atomic mass is 35.5. The Morgan fingerprint density at radius 2 is 1.87 bits per heavy atom. The van der Waals surface area contributed by atoms with Gasteiger partial charge in [0.2, 0.25) is 11.8 Å². The van der Waals surface area contributed by atoms with Crippen LogP contribution in [-0.2, 0) is 16.0 Å². The van der Waals surface area contributed by atoms with Crippen LogP contribution in [0, 0.1) is 0 Å². The summed E-state index contributed by atoms with van der Waals surface area (Å²) in [5, 5.41) is 3.70. The molecule has 2 aromatic carbocycles. The maximum Gasteiger partial charge on any atom is 0.238 e. The summed E-state index contributed by atoms with van der Waals surface area (Å²) in [6, 6.07) is 12.7. The second-order valence-electron chi connectivity index (χ2n) is 7.83. The molecule has 0 aromatic heterocycles. The zero-order valence-electron chi connectivity index (χ0n) is 17.6. The topological polar surface area (TPSA) is 78.7 Å². The Kier molecular flexibility index (Phi) is 8.32. The number of hydrogen-bond donors (Lipinski definition) is 2. The number of carbonyl (C=O) groups is 2. The summed E-state index contributed by atoms with van der Waals surface area (Å²) in [5.41, 5.74) is 7.87. The first-order valence-corrected chi connectivity index (χ1v) is 11.1. The fourth-order valence-corrected chi connectivity index (χ4v) is 4.14. The molecule has 6 nitrogen and oxygen atoms in total. The van der Waals surface area contributed by atoms with Gasteiger partial charge >= 0.3 is 0 Å². The molecule has 0 aliphatic carbocycles. The number of likely N-dealkylation sites (N-methyl/N-ethyl adjacent to an activating group) is 1. The monoisotopic (exact) mass is 462 g/mol. The normalized spacial score (nSPS) is 15.0. The molecule has 3 rings (SSSR count). The van der Waals surface area contributed by atoms with Crippen molar-refractivity contribution in [3.63, 3.8) is 0 Å². The van der Waals surface area contributed by atoms with Crippen molar-refractivity contribution < 1.29 is 9.59 Å². The van der Waals surface area contributed by atoms with Crippen molar-refractivity contribution in [2.24, 2.45) is 5.73 Å². The van der Waals surface area contributed by atoms with E-state index in [0.717, 1.165) is 30.8 Å². The molecule has 2 amide bonds. The second-order valence-corrected chi connectivity index (χ2v) is 8.65. The average molecular weight is 463 g/mol. The highest BCUT2D eigenvalue weighted by Crippen LogP contribution is 2.27. The summed E-state index contributed by atoms with van der Waals surface area (Å²) in [4.78, 5) is 29.0. The molecule has 0 bridgehead atoms. The van der Waals surface area contributed by atoms with Crippen LogP contribution < -0.4 is 11.1 Å². The van der Waals surface area contributed by atoms with Crippen LogP contribution in [0.4, 0.5) is 5.69 Å². The Morgan fingerprint density at radius 3 is 2.55 bits per heavy atom. The molecule has 1 fully saturated rings. The van der Waals surface area contributed by atoms with Crippen LogP contribution in [-0.4, -0.2) is 54.8 Å². The fourth-order valence-electron chi connectivity index (χ4n) is 3.82. The Labute approximate surface area is 193 Å². The summed E-state index contributed by atoms with van der Waals surface area (Å²) in [7, 11) is 1.83. The molecule has 2 aromatic rings. The lowest BCUT2D eigenvalue weighted by molar-refractivity contribution is -0.131. The molecule has 8 heteroatoms. The number of nitrogens with one attached hydrogen (secondary N) is 1. The van der Waals surface area contributed by atoms with E-state index >= 15 is 0 Å². The third-order valence-electron chi connectivity index (χ3n) is 5.57. The van der Waals surface area contributed by atoms with Crippen LogP contribution in [0.1, 0.15) is 30.0 Å². The van der Waals surface area contributed by atoms with E-state index in [2.05, 4.69) is 10.2 Å². The third-order valence-corrected chi connectivity index (χ3v) is 6.31. The van der Waals surface area contributed by atoms with Crippen molar-refractivity contribution >= 4 is 40.7 Å². The Hall–Kier alpha value is -2.12. The molecule has 3 N–H and O–H groups in total. The predicted molar refractivity (Wildman–Crippen MR) is 125 cm³/mol. The maximum atomic E-state index is 13.2. The van der Waals surface area contributed by atoms with Gasteiger partial charge in [-0.15, -0.1) is 0 Å². The van der Waals surface area contributed by atoms with Crippen LogP contribution in [0.2, 0.25) is 10.0 Å². The van der Waals surface area contributed by atoms with Crippen LogP contribution in [0.3, 0.4) is 0 Å². The number of hydrogen-bond acceptors (Lipinski definition) is 4. The maximum absolute atomic E-state index is 13.2. The molecule has 0 saturated carbocycles. The standard InChI is InChI=1S/C23H28Cl2N4O2/c1-28(23(31)12-16-7-8-19(24)20(25)11-16)21(15-29-9-2-3-10-29)17-5-4-6-18(13-17)27-22(30)14-26/h4-8,11,13,21H,2-3,9-10,12,14-15,26H2,1H3,(H,27,30)/t21-/m1/s1. The van der Waals surface area contributed by atoms with Crippen molar-refractivity contribution in [3.8, 4) is 0 Å². The highest BCUT2D eigenvalue weighted by molar-refractivity contribution is 6.42. The average Bonchev–Trinajstić information content (AvgIpc) is 3.27. The van der Waals surface area contributed by atoms with Crippen LogP contribution in [0.15, 0.2) is 42.5 Å². The number of halogens is 2. The zero-order chi connectivity index (χ0) is 22.4. The lowest BCUT2D eigenvalue weighted by atomic mass is 10.0. The van der Waals surface area contributed by atoms with Crippen LogP contribution in [0.25, 0.3) is 0 Å². The minimum Gasteiger partial charge on any atom is -0.337 e. The van der Waals surface area contributed by atoms with E-state index < -0.39 is 0 Å². The van der Waals surface area contributed by atoms with Crippen LogP contribution in [0.5, 0.6) is 0 Å². The number of rotatable bonds is 8. The number of nitrogens with two attached hydrogens (primary N) is 1. The van der Waals surface area contributed by atoms with Crippen molar-refractivity contribution in [3.05, 3.63) is 63.6 Å². The zero-order valence-corrected chi connectivity index (χ0v) is 19.1. The molecule has 1 saturated heterocycles. The minimum absolute atomic E-state index is 0.0148. The summed E-state index contributed by atoms with van der Waals surface area (Å²) >= 11 is 12.1. The van der Waals surface area contributed by atoms with Gasteiger partial charge in [-0.3, -0.25) is 9.59 Å². The Bertz CT molecular complexity index is 932. The van der Waals surface area contributed by atoms with E-state index in [9.17, 15) is 9.59 Å². The summed E-state index contributed by atoms with van der Waals surface area (Å²) < 4.78 is 0. The van der Waals surface area contributed by atoms with Gasteiger partial charge in [0.15, 0.2) is 0 Å². The number of amides is 2. The molecule has 1 aliphatic heterocycles. The summed E-state index contributed by atoms with van der Waals surface area (Å²) in [6.45, 7) is 2.70. The highest BCUT2D eigenvalue weighted by Gasteiger charge is 2.26. The minimum atomic E-state index is -0.253. The van der Waals surface area contributed by atoms with Gasteiger partial charge in [0.1, 0.15) is 0 Å². The smallest absolute Gasteiger partial charge is 0.238 e. The molecule has 1 heterocycles. The van der Waals surface area contributed by atoms with Gasteiger partial charge in [-0.05, 0) is 61.3 Å². The SMILES string of the molecule is CN(C(=O)Cc1ccc(Cl)c(Cl)c1)[C@H](CN1CCCC1)c1cccc(NC(=O)CN)c1. The van der Waals surface area contributed by atoms with Gasteiger partial charge in [-0.2, -0.15) is 0 Å². The van der Waals surface area contributed by atoms with Gasteiger partial charge in [0.25, 0.3) is 0 Å². The quantitative estimate of drug-likeness (QED) is 0.626. The number of benzene rings is 2. The van der Waals surface area contributed by atoms with E-state index in [0.29, 0.717) is 15.7 Å². The summed E-state index contributed by atoms with van der Waals surface area (Å²) in [6.07, 6.45) is 2.56. The van der Waals surface area contributed by atoms with E-state index in [4.69, 9.17) is 28.9 Å². The number of likely N-dealkylation sites (tertiary alicyclic amines) is 1. The second kappa shape index (κ2) is 11.0. The van der Waals surface area contributed by atoms with Gasteiger partial charge in [-0.25, -0.2) is 0 Å². The lowest BCUT2D eigenvalue weighted by Gasteiger charge is -2.32. The number of carbonyl (C=O) groups excluding carboxylic acids is 2. The Morgan fingerprint density at radius 1 is 1.13 bits per heavy atom. The molecule has 0 spiro atoms. The summed E-state index contributed by atoms with van der Waals surface area (Å²) in [5.74, 6) is -0.267. The molecule has 1 atom stereocenters. The van der Waals surface area contributed by atoms with Crippen molar-refractivity contribution in [2.45, 2.75) is 25.3 Å². The first-order chi connectivity index (χ1) is 14.9. The van der Waals surface area contributed by atoms with E-state index in [1.54, 1.807) is 17.0 Å². The van der Waals surface area contributed by atoms with Crippen molar-refractivity contribution in [1.29, 1.82) is 0 Å². The van der Waals surface area contributed by atoms with Crippen molar-refractivity contribution in [1.82, 2.24) is 9.80 Å². The first kappa shape index (κ1) is 23.5. The molecule has 0 unspecified atom stereocenters. The third kappa shape index (κ3) is 6.43. The lowest BCUT2D eigenvalue weighted by Crippen LogP contribution is -2.39. The predicted octanol–water partition coefficient (Wildman–Crippen LogP) is 3.73. The van der Waals surface area contributed by atoms with Gasteiger partial charge in [0.05, 0.1) is 29.1 Å². The molecular weight excluding hydrogens is 435 g/mol. The van der Waals surface area contributed by atoms with Gasteiger partial charge in [0, 0.05) is 19.3 Å². The molecular formula is C23H28Cl2N4O2. The van der Waals surface area contributed by atoms with E-state index in [1.165, 1.54) is 12.8 Å².